The molecule has 0 fully saturated rings. The molecule has 0 aliphatic heterocycles. The molecule has 1 aromatic heterocycles. The van der Waals surface area contributed by atoms with Crippen molar-refractivity contribution < 1.29 is 17.9 Å². The number of nitrogens with zero attached hydrogens (tertiary/aromatic N) is 3. The van der Waals surface area contributed by atoms with E-state index < -0.39 is 21.9 Å². The summed E-state index contributed by atoms with van der Waals surface area (Å²) < 4.78 is 38.0. The van der Waals surface area contributed by atoms with E-state index in [0.717, 1.165) is 6.26 Å². The summed E-state index contributed by atoms with van der Waals surface area (Å²) >= 11 is 0. The van der Waals surface area contributed by atoms with Crippen molar-refractivity contribution >= 4 is 37.9 Å². The summed E-state index contributed by atoms with van der Waals surface area (Å²) in [5.74, 6) is -0.0707. The third-order valence-corrected chi connectivity index (χ3v) is 5.49. The lowest BCUT2D eigenvalue weighted by molar-refractivity contribution is 0.190. The van der Waals surface area contributed by atoms with Gasteiger partial charge >= 0.3 is 0 Å². The first kappa shape index (κ1) is 20.0. The molecule has 148 valence electrons. The second kappa shape index (κ2) is 7.69. The molecule has 2 aromatic carbocycles. The van der Waals surface area contributed by atoms with Crippen molar-refractivity contribution in [3.8, 4) is 0 Å². The normalized spacial score (nSPS) is 12.8. The highest BCUT2D eigenvalue weighted by Gasteiger charge is 2.18. The number of halogens is 1. The van der Waals surface area contributed by atoms with E-state index in [2.05, 4.69) is 15.3 Å². The second-order valence-electron chi connectivity index (χ2n) is 6.38. The number of nitrogens with one attached hydrogen (secondary N) is 1. The van der Waals surface area contributed by atoms with Gasteiger partial charge < -0.3 is 15.3 Å². The van der Waals surface area contributed by atoms with Crippen LogP contribution < -0.4 is 10.2 Å². The van der Waals surface area contributed by atoms with E-state index in [9.17, 15) is 17.9 Å². The average Bonchev–Trinajstić information content (AvgIpc) is 2.61. The third kappa shape index (κ3) is 4.05. The molecular weight excluding hydrogens is 383 g/mol. The molecule has 3 aromatic rings. The van der Waals surface area contributed by atoms with Crippen LogP contribution in [0.5, 0.6) is 0 Å². The Morgan fingerprint density at radius 2 is 1.96 bits per heavy atom. The Labute approximate surface area is 162 Å². The van der Waals surface area contributed by atoms with Gasteiger partial charge in [-0.05, 0) is 44.2 Å². The van der Waals surface area contributed by atoms with E-state index in [0.29, 0.717) is 34.6 Å². The van der Waals surface area contributed by atoms with Crippen molar-refractivity contribution in [1.29, 1.82) is 0 Å². The average molecular weight is 404 g/mol. The summed E-state index contributed by atoms with van der Waals surface area (Å²) in [5, 5.41) is 13.6. The fourth-order valence-corrected chi connectivity index (χ4v) is 3.86. The molecule has 0 bridgehead atoms. The number of benzene rings is 2. The van der Waals surface area contributed by atoms with Crippen LogP contribution in [0.1, 0.15) is 13.8 Å². The van der Waals surface area contributed by atoms with E-state index in [-0.39, 0.29) is 4.90 Å². The van der Waals surface area contributed by atoms with Gasteiger partial charge in [0.25, 0.3) is 0 Å². The molecule has 2 N–H and O–H groups in total. The molecule has 3 rings (SSSR count). The van der Waals surface area contributed by atoms with Crippen LogP contribution in [0.2, 0.25) is 0 Å². The number of aliphatic hydroxyl groups is 1. The monoisotopic (exact) mass is 404 g/mol. The molecule has 1 heterocycles. The number of sulfone groups is 1. The molecule has 7 nitrogen and oxygen atoms in total. The molecule has 0 amide bonds. The van der Waals surface area contributed by atoms with Crippen LogP contribution in [0.15, 0.2) is 47.6 Å². The quantitative estimate of drug-likeness (QED) is 0.610. The summed E-state index contributed by atoms with van der Waals surface area (Å²) in [6.45, 7) is 4.05. The fourth-order valence-electron chi connectivity index (χ4n) is 3.04. The zero-order chi connectivity index (χ0) is 20.5. The summed E-state index contributed by atoms with van der Waals surface area (Å²) in [4.78, 5) is 10.0. The van der Waals surface area contributed by atoms with E-state index >= 15 is 0 Å². The zero-order valence-corrected chi connectivity index (χ0v) is 16.5. The SMILES string of the molecule is CCN(c1ccc(S(C)(=O)=O)c(Nc2ncnc3cc(F)ccc23)c1)C(C)O. The molecule has 1 unspecified atom stereocenters. The van der Waals surface area contributed by atoms with E-state index in [1.54, 1.807) is 24.0 Å². The van der Waals surface area contributed by atoms with Crippen molar-refractivity contribution in [3.05, 3.63) is 48.5 Å². The maximum Gasteiger partial charge on any atom is 0.177 e. The Balaban J connectivity index is 2.14. The molecule has 9 heteroatoms. The van der Waals surface area contributed by atoms with Crippen LogP contribution in [0.25, 0.3) is 10.9 Å². The van der Waals surface area contributed by atoms with Gasteiger partial charge in [-0.15, -0.1) is 0 Å². The van der Waals surface area contributed by atoms with Gasteiger partial charge in [-0.3, -0.25) is 0 Å². The van der Waals surface area contributed by atoms with Crippen molar-refractivity contribution in [3.63, 3.8) is 0 Å². The van der Waals surface area contributed by atoms with Crippen LogP contribution in [0.3, 0.4) is 0 Å². The number of rotatable bonds is 6. The molecular formula is C19H21FN4O3S. The first-order chi connectivity index (χ1) is 13.2. The van der Waals surface area contributed by atoms with Crippen molar-refractivity contribution in [2.75, 3.05) is 23.0 Å². The number of hydrogen-bond acceptors (Lipinski definition) is 7. The minimum atomic E-state index is -3.53. The maximum atomic E-state index is 13.5. The number of aliphatic hydroxyl groups excluding tert-OH is 1. The Bertz CT molecular complexity index is 1120. The molecule has 0 radical (unpaired) electrons. The fraction of sp³-hybridized carbons (Fsp3) is 0.263. The van der Waals surface area contributed by atoms with Gasteiger partial charge in [-0.2, -0.15) is 0 Å². The third-order valence-electron chi connectivity index (χ3n) is 4.34. The zero-order valence-electron chi connectivity index (χ0n) is 15.7. The minimum Gasteiger partial charge on any atom is -0.374 e. The van der Waals surface area contributed by atoms with Gasteiger partial charge in [0, 0.05) is 29.9 Å². The Hall–Kier alpha value is -2.78. The molecule has 0 saturated heterocycles. The minimum absolute atomic E-state index is 0.0896. The maximum absolute atomic E-state index is 13.5. The molecule has 0 aliphatic rings. The van der Waals surface area contributed by atoms with Crippen LogP contribution in [-0.4, -0.2) is 42.5 Å². The predicted octanol–water partition coefficient (Wildman–Crippen LogP) is 3.08. The highest BCUT2D eigenvalue weighted by molar-refractivity contribution is 7.90. The lowest BCUT2D eigenvalue weighted by Crippen LogP contribution is -2.32. The lowest BCUT2D eigenvalue weighted by atomic mass is 10.2. The molecule has 0 spiro atoms. The number of fused-ring (bicyclic) bond motifs is 1. The first-order valence-corrected chi connectivity index (χ1v) is 10.6. The van der Waals surface area contributed by atoms with Gasteiger partial charge in [0.05, 0.1) is 16.1 Å². The first-order valence-electron chi connectivity index (χ1n) is 8.67. The highest BCUT2D eigenvalue weighted by Crippen LogP contribution is 2.32. The van der Waals surface area contributed by atoms with Gasteiger partial charge in [-0.25, -0.2) is 22.8 Å². The predicted molar refractivity (Wildman–Crippen MR) is 107 cm³/mol. The Morgan fingerprint density at radius 1 is 1.21 bits per heavy atom. The molecule has 0 saturated carbocycles. The van der Waals surface area contributed by atoms with Gasteiger partial charge in [0.15, 0.2) is 9.84 Å². The number of hydrogen-bond donors (Lipinski definition) is 2. The van der Waals surface area contributed by atoms with Crippen LogP contribution >= 0.6 is 0 Å². The highest BCUT2D eigenvalue weighted by atomic mass is 32.2. The standard InChI is InChI=1S/C19H21FN4O3S/c1-4-24(12(2)25)14-6-8-18(28(3,26)27)17(10-14)23-19-15-7-5-13(20)9-16(15)21-11-22-19/h5-12,25H,4H2,1-3H3,(H,21,22,23). The van der Waals surface area contributed by atoms with Crippen LogP contribution in [0.4, 0.5) is 21.6 Å². The van der Waals surface area contributed by atoms with E-state index in [1.807, 2.05) is 6.92 Å². The van der Waals surface area contributed by atoms with Gasteiger partial charge in [-0.1, -0.05) is 0 Å². The Kier molecular flexibility index (Phi) is 5.48. The summed E-state index contributed by atoms with van der Waals surface area (Å²) in [6, 6.07) is 8.88. The van der Waals surface area contributed by atoms with E-state index in [1.165, 1.54) is 30.6 Å². The number of aromatic nitrogens is 2. The largest absolute Gasteiger partial charge is 0.374 e. The summed E-state index contributed by atoms with van der Waals surface area (Å²) in [6.07, 6.45) is 1.65. The Morgan fingerprint density at radius 3 is 2.61 bits per heavy atom. The van der Waals surface area contributed by atoms with Crippen molar-refractivity contribution in [2.45, 2.75) is 25.0 Å². The second-order valence-corrected chi connectivity index (χ2v) is 8.36. The van der Waals surface area contributed by atoms with Crippen molar-refractivity contribution in [2.24, 2.45) is 0 Å². The summed E-state index contributed by atoms with van der Waals surface area (Å²) in [5.41, 5.74) is 1.36. The van der Waals surface area contributed by atoms with Gasteiger partial charge in [0.2, 0.25) is 0 Å². The lowest BCUT2D eigenvalue weighted by Gasteiger charge is -2.27. The smallest absolute Gasteiger partial charge is 0.177 e. The van der Waals surface area contributed by atoms with Crippen molar-refractivity contribution in [1.82, 2.24) is 9.97 Å². The van der Waals surface area contributed by atoms with Crippen LogP contribution in [0, 0.1) is 5.82 Å². The van der Waals surface area contributed by atoms with Crippen LogP contribution in [-0.2, 0) is 9.84 Å². The summed E-state index contributed by atoms with van der Waals surface area (Å²) in [7, 11) is -3.53. The van der Waals surface area contributed by atoms with Gasteiger partial charge in [0.1, 0.15) is 24.2 Å². The number of anilines is 3. The molecule has 28 heavy (non-hydrogen) atoms. The van der Waals surface area contributed by atoms with E-state index in [4.69, 9.17) is 0 Å². The molecule has 0 aliphatic carbocycles. The topological polar surface area (TPSA) is 95.4 Å². The molecule has 1 atom stereocenters.